The second kappa shape index (κ2) is 7.32. The summed E-state index contributed by atoms with van der Waals surface area (Å²) in [5.74, 6) is -0.772. The maximum absolute atomic E-state index is 13.0. The van der Waals surface area contributed by atoms with Gasteiger partial charge in [0.15, 0.2) is 0 Å². The topological polar surface area (TPSA) is 86.8 Å². The standard InChI is InChI=1S/C17H22FN3O4S/c1-12(19-16(22)13-2-3-13)17(23)20-8-10-21(11-9-20)26(24,25)15-6-4-14(18)5-7-15/h4-7,12-13H,2-3,8-11H2,1H3,(H,19,22)/t12-/m1/s1. The van der Waals surface area contributed by atoms with Crippen molar-refractivity contribution in [3.63, 3.8) is 0 Å². The van der Waals surface area contributed by atoms with Crippen molar-refractivity contribution in [3.8, 4) is 0 Å². The first-order chi connectivity index (χ1) is 12.3. The van der Waals surface area contributed by atoms with Gasteiger partial charge in [-0.3, -0.25) is 9.59 Å². The Morgan fingerprint density at radius 3 is 2.23 bits per heavy atom. The highest BCUT2D eigenvalue weighted by Crippen LogP contribution is 2.29. The van der Waals surface area contributed by atoms with Crippen molar-refractivity contribution in [1.29, 1.82) is 0 Å². The maximum atomic E-state index is 13.0. The van der Waals surface area contributed by atoms with E-state index in [1.807, 2.05) is 0 Å². The minimum absolute atomic E-state index is 0.0305. The summed E-state index contributed by atoms with van der Waals surface area (Å²) in [4.78, 5) is 25.8. The van der Waals surface area contributed by atoms with Gasteiger partial charge in [0.05, 0.1) is 4.90 Å². The molecule has 26 heavy (non-hydrogen) atoms. The van der Waals surface area contributed by atoms with Crippen LogP contribution in [-0.4, -0.2) is 61.7 Å². The summed E-state index contributed by atoms with van der Waals surface area (Å²) >= 11 is 0. The third-order valence-corrected chi connectivity index (χ3v) is 6.59. The molecule has 0 bridgehead atoms. The molecule has 0 radical (unpaired) electrons. The minimum atomic E-state index is -3.71. The molecule has 9 heteroatoms. The lowest BCUT2D eigenvalue weighted by molar-refractivity contribution is -0.137. The first-order valence-electron chi connectivity index (χ1n) is 8.64. The molecule has 2 aliphatic rings. The molecule has 1 heterocycles. The van der Waals surface area contributed by atoms with Crippen LogP contribution in [0.5, 0.6) is 0 Å². The number of rotatable bonds is 5. The van der Waals surface area contributed by atoms with Gasteiger partial charge in [-0.1, -0.05) is 0 Å². The summed E-state index contributed by atoms with van der Waals surface area (Å²) in [6.45, 7) is 2.47. The number of carbonyl (C=O) groups is 2. The largest absolute Gasteiger partial charge is 0.344 e. The highest BCUT2D eigenvalue weighted by atomic mass is 32.2. The fourth-order valence-corrected chi connectivity index (χ4v) is 4.34. The number of halogens is 1. The van der Waals surface area contributed by atoms with Gasteiger partial charge in [-0.15, -0.1) is 0 Å². The number of piperazine rings is 1. The van der Waals surface area contributed by atoms with Crippen LogP contribution in [0.25, 0.3) is 0 Å². The minimum Gasteiger partial charge on any atom is -0.344 e. The number of amides is 2. The van der Waals surface area contributed by atoms with Crippen molar-refractivity contribution in [2.45, 2.75) is 30.7 Å². The van der Waals surface area contributed by atoms with Crippen LogP contribution in [0.1, 0.15) is 19.8 Å². The van der Waals surface area contributed by atoms with E-state index >= 15 is 0 Å². The average Bonchev–Trinajstić information content (AvgIpc) is 3.46. The molecule has 1 aliphatic carbocycles. The molecule has 2 amide bonds. The molecular weight excluding hydrogens is 361 g/mol. The summed E-state index contributed by atoms with van der Waals surface area (Å²) in [5.41, 5.74) is 0. The molecule has 2 fully saturated rings. The highest BCUT2D eigenvalue weighted by molar-refractivity contribution is 7.89. The maximum Gasteiger partial charge on any atom is 0.244 e. The SMILES string of the molecule is C[C@@H](NC(=O)C1CC1)C(=O)N1CCN(S(=O)(=O)c2ccc(F)cc2)CC1. The van der Waals surface area contributed by atoms with Gasteiger partial charge in [0.2, 0.25) is 21.8 Å². The molecule has 1 N–H and O–H groups in total. The molecule has 1 atom stereocenters. The van der Waals surface area contributed by atoms with Gasteiger partial charge in [-0.05, 0) is 44.0 Å². The number of nitrogens with zero attached hydrogens (tertiary/aromatic N) is 2. The van der Waals surface area contributed by atoms with Crippen LogP contribution in [-0.2, 0) is 19.6 Å². The van der Waals surface area contributed by atoms with Gasteiger partial charge in [0.25, 0.3) is 0 Å². The van der Waals surface area contributed by atoms with E-state index in [0.717, 1.165) is 25.0 Å². The van der Waals surface area contributed by atoms with Gasteiger partial charge >= 0.3 is 0 Å². The van der Waals surface area contributed by atoms with E-state index in [-0.39, 0.29) is 48.8 Å². The van der Waals surface area contributed by atoms with Gasteiger partial charge < -0.3 is 10.2 Å². The van der Waals surface area contributed by atoms with E-state index in [2.05, 4.69) is 5.32 Å². The Kier molecular flexibility index (Phi) is 5.29. The predicted octanol–water partition coefficient (Wildman–Crippen LogP) is 0.573. The predicted molar refractivity (Wildman–Crippen MR) is 92.1 cm³/mol. The van der Waals surface area contributed by atoms with E-state index in [1.54, 1.807) is 11.8 Å². The van der Waals surface area contributed by atoms with E-state index in [4.69, 9.17) is 0 Å². The zero-order valence-corrected chi connectivity index (χ0v) is 15.3. The summed E-state index contributed by atoms with van der Waals surface area (Å²) < 4.78 is 39.4. The number of carbonyl (C=O) groups excluding carboxylic acids is 2. The lowest BCUT2D eigenvalue weighted by Crippen LogP contribution is -2.55. The molecule has 142 valence electrons. The lowest BCUT2D eigenvalue weighted by Gasteiger charge is -2.35. The Morgan fingerprint density at radius 2 is 1.69 bits per heavy atom. The van der Waals surface area contributed by atoms with Crippen LogP contribution in [0.3, 0.4) is 0 Å². The van der Waals surface area contributed by atoms with Crippen molar-refractivity contribution >= 4 is 21.8 Å². The van der Waals surface area contributed by atoms with Gasteiger partial charge in [0.1, 0.15) is 11.9 Å². The normalized spacial score (nSPS) is 19.8. The zero-order chi connectivity index (χ0) is 18.9. The van der Waals surface area contributed by atoms with E-state index in [1.165, 1.54) is 16.4 Å². The summed E-state index contributed by atoms with van der Waals surface area (Å²) in [7, 11) is -3.71. The van der Waals surface area contributed by atoms with E-state index < -0.39 is 21.9 Å². The van der Waals surface area contributed by atoms with Crippen LogP contribution in [0.15, 0.2) is 29.2 Å². The van der Waals surface area contributed by atoms with Gasteiger partial charge in [-0.25, -0.2) is 12.8 Å². The molecule has 1 aliphatic heterocycles. The molecule has 1 saturated carbocycles. The van der Waals surface area contributed by atoms with Gasteiger partial charge in [0, 0.05) is 32.1 Å². The summed E-state index contributed by atoms with van der Waals surface area (Å²) in [6.07, 6.45) is 1.74. The van der Waals surface area contributed by atoms with Crippen LogP contribution in [0.2, 0.25) is 0 Å². The van der Waals surface area contributed by atoms with Crippen LogP contribution < -0.4 is 5.32 Å². The Bertz CT molecular complexity index is 785. The Morgan fingerprint density at radius 1 is 1.12 bits per heavy atom. The average molecular weight is 383 g/mol. The van der Waals surface area contributed by atoms with Crippen molar-refractivity contribution in [2.75, 3.05) is 26.2 Å². The number of nitrogens with one attached hydrogen (secondary N) is 1. The van der Waals surface area contributed by atoms with Crippen LogP contribution in [0.4, 0.5) is 4.39 Å². The van der Waals surface area contributed by atoms with Crippen molar-refractivity contribution in [2.24, 2.45) is 5.92 Å². The number of hydrogen-bond acceptors (Lipinski definition) is 4. The zero-order valence-electron chi connectivity index (χ0n) is 14.5. The van der Waals surface area contributed by atoms with Crippen molar-refractivity contribution in [3.05, 3.63) is 30.1 Å². The molecule has 7 nitrogen and oxygen atoms in total. The first-order valence-corrected chi connectivity index (χ1v) is 10.1. The second-order valence-corrected chi connectivity index (χ2v) is 8.63. The van der Waals surface area contributed by atoms with Crippen molar-refractivity contribution in [1.82, 2.24) is 14.5 Å². The fraction of sp³-hybridized carbons (Fsp3) is 0.529. The Hall–Kier alpha value is -2.00. The highest BCUT2D eigenvalue weighted by Gasteiger charge is 2.34. The van der Waals surface area contributed by atoms with Crippen LogP contribution in [0, 0.1) is 11.7 Å². The molecule has 1 aromatic carbocycles. The molecular formula is C17H22FN3O4S. The van der Waals surface area contributed by atoms with Crippen molar-refractivity contribution < 1.29 is 22.4 Å². The number of sulfonamides is 1. The van der Waals surface area contributed by atoms with Crippen LogP contribution >= 0.6 is 0 Å². The van der Waals surface area contributed by atoms with E-state index in [9.17, 15) is 22.4 Å². The molecule has 3 rings (SSSR count). The lowest BCUT2D eigenvalue weighted by atomic mass is 10.2. The summed E-state index contributed by atoms with van der Waals surface area (Å²) in [6, 6.07) is 4.06. The molecule has 1 saturated heterocycles. The van der Waals surface area contributed by atoms with Gasteiger partial charge in [-0.2, -0.15) is 4.31 Å². The number of benzene rings is 1. The molecule has 1 aromatic rings. The quantitative estimate of drug-likeness (QED) is 0.806. The summed E-state index contributed by atoms with van der Waals surface area (Å²) in [5, 5.41) is 2.71. The third kappa shape index (κ3) is 4.04. The first kappa shape index (κ1) is 18.8. The Balaban J connectivity index is 1.57. The molecule has 0 unspecified atom stereocenters. The molecule has 0 spiro atoms. The smallest absolute Gasteiger partial charge is 0.244 e. The third-order valence-electron chi connectivity index (χ3n) is 4.68. The monoisotopic (exact) mass is 383 g/mol. The molecule has 0 aromatic heterocycles. The Labute approximate surface area is 152 Å². The van der Waals surface area contributed by atoms with E-state index in [0.29, 0.717) is 0 Å². The second-order valence-electron chi connectivity index (χ2n) is 6.69. The fourth-order valence-electron chi connectivity index (χ4n) is 2.92. The number of hydrogen-bond donors (Lipinski definition) is 1.